The van der Waals surface area contributed by atoms with Crippen LogP contribution in [-0.2, 0) is 5.88 Å². The van der Waals surface area contributed by atoms with Crippen LogP contribution in [0.15, 0.2) is 12.1 Å². The Bertz CT molecular complexity index is 469. The zero-order valence-corrected chi connectivity index (χ0v) is 8.63. The first kappa shape index (κ1) is 12.4. The number of halogens is 3. The molecule has 0 heterocycles. The molecule has 0 amide bonds. The van der Waals surface area contributed by atoms with Crippen molar-refractivity contribution in [3.63, 3.8) is 0 Å². The van der Waals surface area contributed by atoms with E-state index in [0.717, 1.165) is 0 Å². The number of nitriles is 1. The molecule has 0 atom stereocenters. The molecule has 0 bridgehead atoms. The molecule has 16 heavy (non-hydrogen) atoms. The SMILES string of the molecule is N#Cc1ccc(CCl)c(C(F)F)c1C(=O)O. The summed E-state index contributed by atoms with van der Waals surface area (Å²) in [6.45, 7) is 0. The van der Waals surface area contributed by atoms with Gasteiger partial charge in [-0.25, -0.2) is 13.6 Å². The fourth-order valence-electron chi connectivity index (χ4n) is 1.35. The number of aromatic carboxylic acids is 1. The fraction of sp³-hybridized carbons (Fsp3) is 0.200. The first-order valence-corrected chi connectivity index (χ1v) is 4.69. The average Bonchev–Trinajstić information content (AvgIpc) is 2.26. The largest absolute Gasteiger partial charge is 0.478 e. The number of carboxylic acids is 1. The molecule has 1 aromatic carbocycles. The van der Waals surface area contributed by atoms with Gasteiger partial charge in [0, 0.05) is 11.4 Å². The number of rotatable bonds is 3. The summed E-state index contributed by atoms with van der Waals surface area (Å²) in [5, 5.41) is 17.5. The van der Waals surface area contributed by atoms with Crippen LogP contribution in [0.1, 0.15) is 33.5 Å². The maximum atomic E-state index is 12.7. The second-order valence-electron chi connectivity index (χ2n) is 2.91. The summed E-state index contributed by atoms with van der Waals surface area (Å²) < 4.78 is 25.4. The molecule has 0 fully saturated rings. The molecule has 6 heteroatoms. The highest BCUT2D eigenvalue weighted by Gasteiger charge is 2.24. The van der Waals surface area contributed by atoms with Crippen molar-refractivity contribution in [3.8, 4) is 6.07 Å². The van der Waals surface area contributed by atoms with Crippen molar-refractivity contribution in [1.29, 1.82) is 5.26 Å². The molecule has 1 rings (SSSR count). The van der Waals surface area contributed by atoms with E-state index in [4.69, 9.17) is 22.0 Å². The predicted octanol–water partition coefficient (Wildman–Crippen LogP) is 2.93. The van der Waals surface area contributed by atoms with Gasteiger partial charge < -0.3 is 5.11 Å². The second-order valence-corrected chi connectivity index (χ2v) is 3.18. The Morgan fingerprint density at radius 2 is 2.19 bits per heavy atom. The van der Waals surface area contributed by atoms with Crippen LogP contribution < -0.4 is 0 Å². The topological polar surface area (TPSA) is 61.1 Å². The Balaban J connectivity index is 3.61. The molecule has 0 aliphatic heterocycles. The van der Waals surface area contributed by atoms with Crippen LogP contribution in [0.4, 0.5) is 8.78 Å². The summed E-state index contributed by atoms with van der Waals surface area (Å²) in [4.78, 5) is 10.8. The number of hydrogen-bond acceptors (Lipinski definition) is 2. The monoisotopic (exact) mass is 245 g/mol. The molecule has 0 aliphatic rings. The lowest BCUT2D eigenvalue weighted by Crippen LogP contribution is -2.09. The predicted molar refractivity (Wildman–Crippen MR) is 52.6 cm³/mol. The third kappa shape index (κ3) is 2.12. The molecule has 0 unspecified atom stereocenters. The van der Waals surface area contributed by atoms with E-state index >= 15 is 0 Å². The summed E-state index contributed by atoms with van der Waals surface area (Å²) in [5.41, 5.74) is -1.62. The molecule has 3 nitrogen and oxygen atoms in total. The van der Waals surface area contributed by atoms with Gasteiger partial charge >= 0.3 is 5.97 Å². The van der Waals surface area contributed by atoms with Crippen LogP contribution in [0.3, 0.4) is 0 Å². The van der Waals surface area contributed by atoms with Crippen molar-refractivity contribution >= 4 is 17.6 Å². The fourth-order valence-corrected chi connectivity index (χ4v) is 1.59. The Labute approximate surface area is 94.9 Å². The number of alkyl halides is 3. The van der Waals surface area contributed by atoms with Crippen LogP contribution in [-0.4, -0.2) is 11.1 Å². The van der Waals surface area contributed by atoms with Gasteiger partial charge in [0.1, 0.15) is 6.07 Å². The van der Waals surface area contributed by atoms with Gasteiger partial charge in [-0.1, -0.05) is 6.07 Å². The first-order chi connectivity index (χ1) is 7.52. The highest BCUT2D eigenvalue weighted by molar-refractivity contribution is 6.17. The number of carbonyl (C=O) groups is 1. The molecule has 0 radical (unpaired) electrons. The van der Waals surface area contributed by atoms with Crippen molar-refractivity contribution < 1.29 is 18.7 Å². The van der Waals surface area contributed by atoms with Crippen LogP contribution in [0.5, 0.6) is 0 Å². The standard InChI is InChI=1S/C10H6ClF2NO2/c11-3-5-1-2-6(4-14)8(10(15)16)7(5)9(12)13/h1-2,9H,3H2,(H,15,16). The minimum atomic E-state index is -2.98. The maximum Gasteiger partial charge on any atom is 0.337 e. The van der Waals surface area contributed by atoms with Crippen molar-refractivity contribution in [2.45, 2.75) is 12.3 Å². The third-order valence-electron chi connectivity index (χ3n) is 2.03. The van der Waals surface area contributed by atoms with Gasteiger partial charge in [0.25, 0.3) is 6.43 Å². The lowest BCUT2D eigenvalue weighted by molar-refractivity contribution is 0.0684. The summed E-state index contributed by atoms with van der Waals surface area (Å²) in [6.07, 6.45) is -2.98. The van der Waals surface area contributed by atoms with E-state index in [1.807, 2.05) is 0 Å². The van der Waals surface area contributed by atoms with Crippen molar-refractivity contribution in [2.24, 2.45) is 0 Å². The molecule has 0 aromatic heterocycles. The van der Waals surface area contributed by atoms with E-state index in [1.54, 1.807) is 6.07 Å². The van der Waals surface area contributed by atoms with Crippen LogP contribution in [0.25, 0.3) is 0 Å². The summed E-state index contributed by atoms with van der Waals surface area (Å²) in [7, 11) is 0. The van der Waals surface area contributed by atoms with Gasteiger partial charge in [0.15, 0.2) is 0 Å². The minimum Gasteiger partial charge on any atom is -0.478 e. The lowest BCUT2D eigenvalue weighted by atomic mass is 9.97. The van der Waals surface area contributed by atoms with E-state index in [9.17, 15) is 13.6 Å². The quantitative estimate of drug-likeness (QED) is 0.833. The lowest BCUT2D eigenvalue weighted by Gasteiger charge is -2.11. The van der Waals surface area contributed by atoms with Gasteiger partial charge in [-0.2, -0.15) is 5.26 Å². The maximum absolute atomic E-state index is 12.7. The smallest absolute Gasteiger partial charge is 0.337 e. The Morgan fingerprint density at radius 3 is 2.56 bits per heavy atom. The van der Waals surface area contributed by atoms with E-state index in [0.29, 0.717) is 0 Å². The molecule has 84 valence electrons. The van der Waals surface area contributed by atoms with E-state index < -0.39 is 23.5 Å². The molecule has 0 saturated heterocycles. The molecule has 1 N–H and O–H groups in total. The number of benzene rings is 1. The second kappa shape index (κ2) is 4.90. The minimum absolute atomic E-state index is 0.0214. The van der Waals surface area contributed by atoms with Gasteiger partial charge in [-0.3, -0.25) is 0 Å². The van der Waals surface area contributed by atoms with Crippen molar-refractivity contribution in [1.82, 2.24) is 0 Å². The third-order valence-corrected chi connectivity index (χ3v) is 2.32. The summed E-state index contributed by atoms with van der Waals surface area (Å²) >= 11 is 5.44. The normalized spacial score (nSPS) is 10.2. The molecule has 0 aliphatic carbocycles. The van der Waals surface area contributed by atoms with Gasteiger partial charge in [-0.15, -0.1) is 11.6 Å². The Hall–Kier alpha value is -1.67. The van der Waals surface area contributed by atoms with Crippen LogP contribution >= 0.6 is 11.6 Å². The molecular weight excluding hydrogens is 240 g/mol. The van der Waals surface area contributed by atoms with Gasteiger partial charge in [-0.05, 0) is 11.6 Å². The van der Waals surface area contributed by atoms with Gasteiger partial charge in [0.05, 0.1) is 11.1 Å². The Kier molecular flexibility index (Phi) is 3.80. The number of hydrogen-bond donors (Lipinski definition) is 1. The van der Waals surface area contributed by atoms with E-state index in [2.05, 4.69) is 0 Å². The van der Waals surface area contributed by atoms with Gasteiger partial charge in [0.2, 0.25) is 0 Å². The molecule has 0 saturated carbocycles. The molecule has 0 spiro atoms. The highest BCUT2D eigenvalue weighted by atomic mass is 35.5. The molecule has 1 aromatic rings. The number of carboxylic acid groups (broad SMARTS) is 1. The van der Waals surface area contributed by atoms with Crippen LogP contribution in [0, 0.1) is 11.3 Å². The molecular formula is C10H6ClF2NO2. The highest BCUT2D eigenvalue weighted by Crippen LogP contribution is 2.30. The zero-order chi connectivity index (χ0) is 12.3. The van der Waals surface area contributed by atoms with Crippen molar-refractivity contribution in [3.05, 3.63) is 34.4 Å². The summed E-state index contributed by atoms with van der Waals surface area (Å²) in [5.74, 6) is -1.79. The van der Waals surface area contributed by atoms with E-state index in [-0.39, 0.29) is 17.0 Å². The van der Waals surface area contributed by atoms with Crippen molar-refractivity contribution in [2.75, 3.05) is 0 Å². The number of nitrogens with zero attached hydrogens (tertiary/aromatic N) is 1. The van der Waals surface area contributed by atoms with E-state index in [1.165, 1.54) is 12.1 Å². The first-order valence-electron chi connectivity index (χ1n) is 4.16. The zero-order valence-electron chi connectivity index (χ0n) is 7.88. The van der Waals surface area contributed by atoms with Crippen LogP contribution in [0.2, 0.25) is 0 Å². The Morgan fingerprint density at radius 1 is 1.56 bits per heavy atom. The average molecular weight is 246 g/mol. The summed E-state index contributed by atoms with van der Waals surface area (Å²) in [6, 6.07) is 3.98.